The number of rotatable bonds is 5. The average molecular weight is 331 g/mol. The number of carbonyl (C=O) groups is 3. The summed E-state index contributed by atoms with van der Waals surface area (Å²) in [4.78, 5) is 36.4. The van der Waals surface area contributed by atoms with Crippen molar-refractivity contribution in [2.45, 2.75) is 19.4 Å². The summed E-state index contributed by atoms with van der Waals surface area (Å²) in [6.07, 6.45) is 2.11. The summed E-state index contributed by atoms with van der Waals surface area (Å²) < 4.78 is 5.40. The van der Waals surface area contributed by atoms with E-state index in [-0.39, 0.29) is 30.9 Å². The van der Waals surface area contributed by atoms with Gasteiger partial charge in [0.25, 0.3) is 5.91 Å². The van der Waals surface area contributed by atoms with Crippen LogP contribution < -0.4 is 10.6 Å². The van der Waals surface area contributed by atoms with Crippen LogP contribution in [0, 0.1) is 5.92 Å². The lowest BCUT2D eigenvalue weighted by atomic mass is 10.0. The topological polar surface area (TPSA) is 87.7 Å². The molecule has 2 fully saturated rings. The fraction of sp³-hybridized carbons (Fsp3) is 0.471. The molecule has 2 aliphatic heterocycles. The molecule has 3 rings (SSSR count). The number of amides is 4. The first-order valence-corrected chi connectivity index (χ1v) is 8.16. The summed E-state index contributed by atoms with van der Waals surface area (Å²) in [5.74, 6) is 0.0142. The maximum Gasteiger partial charge on any atom is 0.324 e. The van der Waals surface area contributed by atoms with Gasteiger partial charge in [0.2, 0.25) is 5.91 Å². The molecule has 0 aromatic heterocycles. The van der Waals surface area contributed by atoms with Crippen LogP contribution in [0.15, 0.2) is 24.3 Å². The average Bonchev–Trinajstić information content (AvgIpc) is 2.93. The maximum atomic E-state index is 12.2. The van der Waals surface area contributed by atoms with Gasteiger partial charge in [-0.2, -0.15) is 0 Å². The van der Waals surface area contributed by atoms with E-state index in [1.54, 1.807) is 24.3 Å². The minimum absolute atomic E-state index is 0.0458. The molecular weight excluding hydrogens is 310 g/mol. The van der Waals surface area contributed by atoms with Crippen molar-refractivity contribution >= 4 is 17.8 Å². The van der Waals surface area contributed by atoms with Crippen LogP contribution in [-0.2, 0) is 16.1 Å². The van der Waals surface area contributed by atoms with Gasteiger partial charge in [-0.25, -0.2) is 4.79 Å². The minimum Gasteiger partial charge on any atom is -0.381 e. The molecular formula is C17H21N3O4. The molecule has 0 aliphatic carbocycles. The zero-order valence-corrected chi connectivity index (χ0v) is 13.4. The van der Waals surface area contributed by atoms with Crippen molar-refractivity contribution in [2.24, 2.45) is 5.92 Å². The van der Waals surface area contributed by atoms with Crippen LogP contribution in [0.2, 0.25) is 0 Å². The Bertz CT molecular complexity index is 607. The van der Waals surface area contributed by atoms with Crippen molar-refractivity contribution < 1.29 is 19.1 Å². The molecule has 1 atom stereocenters. The highest BCUT2D eigenvalue weighted by Crippen LogP contribution is 2.13. The molecule has 0 spiro atoms. The molecule has 7 heteroatoms. The summed E-state index contributed by atoms with van der Waals surface area (Å²) in [5, 5.41) is 5.41. The lowest BCUT2D eigenvalue weighted by molar-refractivity contribution is -0.125. The number of ether oxygens (including phenoxy) is 1. The highest BCUT2D eigenvalue weighted by molar-refractivity contribution is 6.01. The van der Waals surface area contributed by atoms with E-state index in [4.69, 9.17) is 4.74 Å². The quantitative estimate of drug-likeness (QED) is 0.785. The van der Waals surface area contributed by atoms with Gasteiger partial charge >= 0.3 is 6.03 Å². The summed E-state index contributed by atoms with van der Waals surface area (Å²) in [7, 11) is 0. The van der Waals surface area contributed by atoms with Crippen LogP contribution in [0.25, 0.3) is 0 Å². The van der Waals surface area contributed by atoms with E-state index >= 15 is 0 Å². The van der Waals surface area contributed by atoms with E-state index in [1.807, 2.05) is 0 Å². The summed E-state index contributed by atoms with van der Waals surface area (Å²) >= 11 is 0. The molecule has 2 aliphatic rings. The summed E-state index contributed by atoms with van der Waals surface area (Å²) in [6, 6.07) is 6.56. The van der Waals surface area contributed by atoms with Gasteiger partial charge in [0.05, 0.1) is 19.7 Å². The second-order valence-corrected chi connectivity index (χ2v) is 6.13. The molecule has 24 heavy (non-hydrogen) atoms. The Morgan fingerprint density at radius 2 is 2.08 bits per heavy atom. The number of hydrogen-bond acceptors (Lipinski definition) is 4. The van der Waals surface area contributed by atoms with Crippen molar-refractivity contribution in [1.29, 1.82) is 0 Å². The number of carbonyl (C=O) groups excluding carboxylic acids is 3. The van der Waals surface area contributed by atoms with Crippen LogP contribution in [0.4, 0.5) is 4.79 Å². The molecule has 0 radical (unpaired) electrons. The first kappa shape index (κ1) is 16.4. The molecule has 128 valence electrons. The highest BCUT2D eigenvalue weighted by atomic mass is 16.5. The first-order chi connectivity index (χ1) is 11.6. The lowest BCUT2D eigenvalue weighted by Crippen LogP contribution is -2.33. The Balaban J connectivity index is 1.52. The van der Waals surface area contributed by atoms with Crippen molar-refractivity contribution in [3.8, 4) is 0 Å². The molecule has 2 saturated heterocycles. The first-order valence-electron chi connectivity index (χ1n) is 8.16. The van der Waals surface area contributed by atoms with Gasteiger partial charge in [-0.05, 0) is 36.5 Å². The fourth-order valence-corrected chi connectivity index (χ4v) is 2.87. The van der Waals surface area contributed by atoms with Gasteiger partial charge in [0, 0.05) is 18.7 Å². The Kier molecular flexibility index (Phi) is 5.10. The summed E-state index contributed by atoms with van der Waals surface area (Å²) in [6.45, 7) is 2.38. The van der Waals surface area contributed by atoms with Gasteiger partial charge < -0.3 is 15.4 Å². The monoisotopic (exact) mass is 331 g/mol. The van der Waals surface area contributed by atoms with Crippen LogP contribution in [-0.4, -0.2) is 49.0 Å². The smallest absolute Gasteiger partial charge is 0.324 e. The predicted octanol–water partition coefficient (Wildman–Crippen LogP) is 0.895. The van der Waals surface area contributed by atoms with Gasteiger partial charge in [-0.1, -0.05) is 12.1 Å². The van der Waals surface area contributed by atoms with Gasteiger partial charge in [-0.3, -0.25) is 14.5 Å². The SMILES string of the molecule is O=C(NCC1CCCOC1)c1ccc(CN2C(=O)CNC2=O)cc1. The Labute approximate surface area is 140 Å². The van der Waals surface area contributed by atoms with E-state index in [1.165, 1.54) is 0 Å². The van der Waals surface area contributed by atoms with Gasteiger partial charge in [0.15, 0.2) is 0 Å². The molecule has 1 aromatic carbocycles. The summed E-state index contributed by atoms with van der Waals surface area (Å²) in [5.41, 5.74) is 1.37. The molecule has 0 saturated carbocycles. The Hall–Kier alpha value is -2.41. The van der Waals surface area contributed by atoms with E-state index in [2.05, 4.69) is 10.6 Å². The fourth-order valence-electron chi connectivity index (χ4n) is 2.87. The molecule has 2 heterocycles. The van der Waals surface area contributed by atoms with Crippen molar-refractivity contribution in [2.75, 3.05) is 26.3 Å². The standard InChI is InChI=1S/C17H21N3O4/c21-15-9-19-17(23)20(15)10-12-3-5-14(6-4-12)16(22)18-8-13-2-1-7-24-11-13/h3-6,13H,1-2,7-11H2,(H,18,22)(H,19,23). The zero-order valence-electron chi connectivity index (χ0n) is 13.4. The van der Waals surface area contributed by atoms with Gasteiger partial charge in [-0.15, -0.1) is 0 Å². The predicted molar refractivity (Wildman–Crippen MR) is 86.3 cm³/mol. The van der Waals surface area contributed by atoms with E-state index in [0.717, 1.165) is 29.9 Å². The largest absolute Gasteiger partial charge is 0.381 e. The van der Waals surface area contributed by atoms with Crippen molar-refractivity contribution in [1.82, 2.24) is 15.5 Å². The number of benzene rings is 1. The third-order valence-electron chi connectivity index (χ3n) is 4.30. The van der Waals surface area contributed by atoms with Crippen LogP contribution in [0.1, 0.15) is 28.8 Å². The number of imide groups is 1. The van der Waals surface area contributed by atoms with Crippen molar-refractivity contribution in [3.63, 3.8) is 0 Å². The number of nitrogens with zero attached hydrogens (tertiary/aromatic N) is 1. The maximum absolute atomic E-state index is 12.2. The van der Waals surface area contributed by atoms with Crippen LogP contribution in [0.5, 0.6) is 0 Å². The molecule has 4 amide bonds. The molecule has 2 N–H and O–H groups in total. The Morgan fingerprint density at radius 1 is 1.29 bits per heavy atom. The van der Waals surface area contributed by atoms with E-state index in [0.29, 0.717) is 24.6 Å². The molecule has 7 nitrogen and oxygen atoms in total. The second kappa shape index (κ2) is 7.44. The molecule has 1 unspecified atom stereocenters. The molecule has 1 aromatic rings. The zero-order chi connectivity index (χ0) is 16.9. The minimum atomic E-state index is -0.378. The van der Waals surface area contributed by atoms with Gasteiger partial charge in [0.1, 0.15) is 0 Å². The second-order valence-electron chi connectivity index (χ2n) is 6.13. The number of nitrogens with one attached hydrogen (secondary N) is 2. The Morgan fingerprint density at radius 3 is 2.71 bits per heavy atom. The van der Waals surface area contributed by atoms with E-state index < -0.39 is 0 Å². The number of urea groups is 1. The highest BCUT2D eigenvalue weighted by Gasteiger charge is 2.28. The number of hydrogen-bond donors (Lipinski definition) is 2. The van der Waals surface area contributed by atoms with Crippen LogP contribution >= 0.6 is 0 Å². The molecule has 0 bridgehead atoms. The van der Waals surface area contributed by atoms with E-state index in [9.17, 15) is 14.4 Å². The normalized spacial score (nSPS) is 20.8. The third-order valence-corrected chi connectivity index (χ3v) is 4.30. The van der Waals surface area contributed by atoms with Crippen LogP contribution in [0.3, 0.4) is 0 Å². The van der Waals surface area contributed by atoms with Crippen molar-refractivity contribution in [3.05, 3.63) is 35.4 Å². The lowest BCUT2D eigenvalue weighted by Gasteiger charge is -2.22. The third kappa shape index (κ3) is 3.91.